The maximum Gasteiger partial charge on any atom is 0.263 e. The molecular weight excluding hydrogens is 344 g/mol. The first-order valence-electron chi connectivity index (χ1n) is 8.87. The number of para-hydroxylation sites is 1. The van der Waals surface area contributed by atoms with Gasteiger partial charge in [0.1, 0.15) is 11.3 Å². The summed E-state index contributed by atoms with van der Waals surface area (Å²) in [6, 6.07) is 7.32. The standard InChI is InChI=1S/C20H22N4O3/c1-3-8-23-19(25)16-17(21)15-7-5-6-14(18(15)24-20(16)26)12-9-13(27-4-2)11-22-10-12/h5-7,9-11H,3-4,8H2,1-2H3,(H,23,25)(H3,21,24,26). The summed E-state index contributed by atoms with van der Waals surface area (Å²) in [5.41, 5.74) is 7.88. The second-order valence-corrected chi connectivity index (χ2v) is 6.07. The van der Waals surface area contributed by atoms with Crippen molar-refractivity contribution in [3.8, 4) is 16.9 Å². The third-order valence-corrected chi connectivity index (χ3v) is 4.19. The van der Waals surface area contributed by atoms with E-state index in [9.17, 15) is 9.59 Å². The molecule has 7 heteroatoms. The number of nitrogen functional groups attached to an aromatic ring is 1. The zero-order valence-electron chi connectivity index (χ0n) is 15.3. The maximum absolute atomic E-state index is 12.6. The number of carbonyl (C=O) groups is 1. The fourth-order valence-electron chi connectivity index (χ4n) is 2.95. The number of nitrogens with two attached hydrogens (primary N) is 1. The van der Waals surface area contributed by atoms with Crippen LogP contribution in [0.3, 0.4) is 0 Å². The average molecular weight is 366 g/mol. The first kappa shape index (κ1) is 18.4. The van der Waals surface area contributed by atoms with Crippen LogP contribution in [-0.4, -0.2) is 29.0 Å². The molecule has 0 fully saturated rings. The lowest BCUT2D eigenvalue weighted by Crippen LogP contribution is -2.31. The third kappa shape index (κ3) is 3.62. The Labute approximate surface area is 156 Å². The van der Waals surface area contributed by atoms with Gasteiger partial charge in [-0.1, -0.05) is 25.1 Å². The first-order chi connectivity index (χ1) is 13.1. The highest BCUT2D eigenvalue weighted by molar-refractivity contribution is 6.08. The van der Waals surface area contributed by atoms with E-state index in [1.807, 2.05) is 32.0 Å². The Balaban J connectivity index is 2.17. The van der Waals surface area contributed by atoms with Gasteiger partial charge in [-0.2, -0.15) is 0 Å². The van der Waals surface area contributed by atoms with Crippen LogP contribution >= 0.6 is 0 Å². The molecule has 0 spiro atoms. The highest BCUT2D eigenvalue weighted by atomic mass is 16.5. The smallest absolute Gasteiger partial charge is 0.263 e. The Morgan fingerprint density at radius 2 is 2.11 bits per heavy atom. The highest BCUT2D eigenvalue weighted by Crippen LogP contribution is 2.31. The summed E-state index contributed by atoms with van der Waals surface area (Å²) in [6.45, 7) is 4.84. The Hall–Kier alpha value is -3.35. The predicted octanol–water partition coefficient (Wildman–Crippen LogP) is 2.71. The lowest BCUT2D eigenvalue weighted by Gasteiger charge is -2.12. The molecule has 0 radical (unpaired) electrons. The summed E-state index contributed by atoms with van der Waals surface area (Å²) in [6.07, 6.45) is 4.09. The number of aromatic nitrogens is 2. The topological polar surface area (TPSA) is 110 Å². The van der Waals surface area contributed by atoms with Gasteiger partial charge >= 0.3 is 0 Å². The number of nitrogens with zero attached hydrogens (tertiary/aromatic N) is 1. The van der Waals surface area contributed by atoms with E-state index in [-0.39, 0.29) is 11.3 Å². The van der Waals surface area contributed by atoms with E-state index in [0.717, 1.165) is 17.5 Å². The number of ether oxygens (including phenoxy) is 1. The molecule has 0 saturated carbocycles. The van der Waals surface area contributed by atoms with Crippen molar-refractivity contribution in [3.63, 3.8) is 0 Å². The average Bonchev–Trinajstić information content (AvgIpc) is 2.66. The van der Waals surface area contributed by atoms with Crippen LogP contribution in [0.1, 0.15) is 30.6 Å². The third-order valence-electron chi connectivity index (χ3n) is 4.19. The number of amides is 1. The lowest BCUT2D eigenvalue weighted by atomic mass is 10.0. The number of hydrogen-bond donors (Lipinski definition) is 3. The van der Waals surface area contributed by atoms with Crippen molar-refractivity contribution in [2.45, 2.75) is 20.3 Å². The lowest BCUT2D eigenvalue weighted by molar-refractivity contribution is 0.0953. The van der Waals surface area contributed by atoms with Crippen molar-refractivity contribution in [1.29, 1.82) is 0 Å². The Morgan fingerprint density at radius 1 is 1.30 bits per heavy atom. The van der Waals surface area contributed by atoms with Crippen molar-refractivity contribution in [3.05, 3.63) is 52.6 Å². The first-order valence-corrected chi connectivity index (χ1v) is 8.87. The van der Waals surface area contributed by atoms with E-state index in [1.165, 1.54) is 0 Å². The minimum Gasteiger partial charge on any atom is -0.492 e. The largest absolute Gasteiger partial charge is 0.492 e. The van der Waals surface area contributed by atoms with Crippen LogP contribution in [0.4, 0.5) is 5.69 Å². The van der Waals surface area contributed by atoms with Gasteiger partial charge in [0.25, 0.3) is 11.5 Å². The van der Waals surface area contributed by atoms with E-state index in [4.69, 9.17) is 10.5 Å². The minimum absolute atomic E-state index is 0.0608. The number of pyridine rings is 2. The van der Waals surface area contributed by atoms with Crippen LogP contribution in [0, 0.1) is 0 Å². The molecule has 7 nitrogen and oxygen atoms in total. The van der Waals surface area contributed by atoms with Crippen molar-refractivity contribution >= 4 is 22.5 Å². The molecule has 3 aromatic rings. The summed E-state index contributed by atoms with van der Waals surface area (Å²) >= 11 is 0. The molecule has 27 heavy (non-hydrogen) atoms. The molecule has 0 aliphatic rings. The predicted molar refractivity (Wildman–Crippen MR) is 106 cm³/mol. The summed E-state index contributed by atoms with van der Waals surface area (Å²) < 4.78 is 5.50. The quantitative estimate of drug-likeness (QED) is 0.621. The zero-order chi connectivity index (χ0) is 19.4. The molecule has 4 N–H and O–H groups in total. The molecular formula is C20H22N4O3. The Kier molecular flexibility index (Phi) is 5.40. The number of hydrogen-bond acceptors (Lipinski definition) is 5. The second-order valence-electron chi connectivity index (χ2n) is 6.07. The monoisotopic (exact) mass is 366 g/mol. The van der Waals surface area contributed by atoms with Crippen molar-refractivity contribution in [2.24, 2.45) is 0 Å². The van der Waals surface area contributed by atoms with Crippen LogP contribution in [0.2, 0.25) is 0 Å². The Morgan fingerprint density at radius 3 is 2.85 bits per heavy atom. The van der Waals surface area contributed by atoms with Gasteiger partial charge in [-0.3, -0.25) is 14.6 Å². The summed E-state index contributed by atoms with van der Waals surface area (Å²) in [7, 11) is 0. The molecule has 140 valence electrons. The fourth-order valence-corrected chi connectivity index (χ4v) is 2.95. The van der Waals surface area contributed by atoms with Gasteiger partial charge in [-0.25, -0.2) is 0 Å². The van der Waals surface area contributed by atoms with Crippen molar-refractivity contribution in [2.75, 3.05) is 18.9 Å². The van der Waals surface area contributed by atoms with E-state index in [2.05, 4.69) is 15.3 Å². The molecule has 0 atom stereocenters. The van der Waals surface area contributed by atoms with Crippen molar-refractivity contribution < 1.29 is 9.53 Å². The van der Waals surface area contributed by atoms with E-state index < -0.39 is 11.5 Å². The molecule has 0 aliphatic carbocycles. The van der Waals surface area contributed by atoms with Gasteiger partial charge in [-0.05, 0) is 19.4 Å². The van der Waals surface area contributed by atoms with E-state index >= 15 is 0 Å². The Bertz CT molecular complexity index is 1040. The number of benzene rings is 1. The fraction of sp³-hybridized carbons (Fsp3) is 0.250. The van der Waals surface area contributed by atoms with Gasteiger partial charge in [-0.15, -0.1) is 0 Å². The highest BCUT2D eigenvalue weighted by Gasteiger charge is 2.18. The molecule has 0 saturated heterocycles. The number of aromatic amines is 1. The van der Waals surface area contributed by atoms with Crippen LogP contribution < -0.4 is 21.3 Å². The van der Waals surface area contributed by atoms with Crippen LogP contribution in [-0.2, 0) is 0 Å². The molecule has 2 heterocycles. The van der Waals surface area contributed by atoms with Gasteiger partial charge in [0.15, 0.2) is 0 Å². The SMILES string of the molecule is CCCNC(=O)c1c(N)c2cccc(-c3cncc(OCC)c3)c2[nH]c1=O. The number of carbonyl (C=O) groups excluding carboxylic acids is 1. The summed E-state index contributed by atoms with van der Waals surface area (Å²) in [5.74, 6) is 0.167. The number of anilines is 1. The molecule has 2 aromatic heterocycles. The molecule has 0 bridgehead atoms. The van der Waals surface area contributed by atoms with E-state index in [0.29, 0.717) is 29.8 Å². The number of fused-ring (bicyclic) bond motifs is 1. The van der Waals surface area contributed by atoms with Gasteiger partial charge in [0.2, 0.25) is 0 Å². The van der Waals surface area contributed by atoms with Gasteiger partial charge in [0.05, 0.1) is 24.0 Å². The van der Waals surface area contributed by atoms with Gasteiger partial charge < -0.3 is 20.8 Å². The van der Waals surface area contributed by atoms with Crippen LogP contribution in [0.5, 0.6) is 5.75 Å². The van der Waals surface area contributed by atoms with Crippen LogP contribution in [0.25, 0.3) is 22.0 Å². The molecule has 0 aliphatic heterocycles. The number of nitrogens with one attached hydrogen (secondary N) is 2. The summed E-state index contributed by atoms with van der Waals surface area (Å²) in [5, 5.41) is 3.30. The normalized spacial score (nSPS) is 10.7. The zero-order valence-corrected chi connectivity index (χ0v) is 15.3. The van der Waals surface area contributed by atoms with Crippen molar-refractivity contribution in [1.82, 2.24) is 15.3 Å². The maximum atomic E-state index is 12.6. The second kappa shape index (κ2) is 7.90. The molecule has 0 unspecified atom stereocenters. The molecule has 1 aromatic carbocycles. The minimum atomic E-state index is -0.519. The van der Waals surface area contributed by atoms with Gasteiger partial charge in [0, 0.05) is 29.3 Å². The molecule has 3 rings (SSSR count). The molecule has 1 amide bonds. The van der Waals surface area contributed by atoms with E-state index in [1.54, 1.807) is 18.5 Å². The van der Waals surface area contributed by atoms with Crippen LogP contribution in [0.15, 0.2) is 41.5 Å². The number of rotatable bonds is 6. The summed E-state index contributed by atoms with van der Waals surface area (Å²) in [4.78, 5) is 31.9. The number of H-pyrrole nitrogens is 1.